The van der Waals surface area contributed by atoms with Crippen molar-refractivity contribution in [3.63, 3.8) is 0 Å². The lowest BCUT2D eigenvalue weighted by Crippen LogP contribution is -2.35. The third kappa shape index (κ3) is 3.74. The van der Waals surface area contributed by atoms with Crippen LogP contribution in [0, 0.1) is 0 Å². The minimum absolute atomic E-state index is 0.102. The molecule has 5 rings (SSSR count). The Balaban J connectivity index is 1.41. The van der Waals surface area contributed by atoms with Gasteiger partial charge in [0.05, 0.1) is 17.5 Å². The molecule has 0 saturated heterocycles. The van der Waals surface area contributed by atoms with Gasteiger partial charge in [0.25, 0.3) is 5.56 Å². The van der Waals surface area contributed by atoms with Crippen molar-refractivity contribution in [2.75, 3.05) is 6.54 Å². The molecule has 0 saturated carbocycles. The summed E-state index contributed by atoms with van der Waals surface area (Å²) >= 11 is 3.55. The van der Waals surface area contributed by atoms with Crippen molar-refractivity contribution in [1.82, 2.24) is 19.9 Å². The van der Waals surface area contributed by atoms with Crippen LogP contribution in [0.25, 0.3) is 22.7 Å². The van der Waals surface area contributed by atoms with Crippen LogP contribution in [0.3, 0.4) is 0 Å². The van der Waals surface area contributed by atoms with Crippen molar-refractivity contribution in [1.29, 1.82) is 0 Å². The van der Waals surface area contributed by atoms with E-state index in [1.807, 2.05) is 30.6 Å². The van der Waals surface area contributed by atoms with E-state index in [9.17, 15) is 4.79 Å². The van der Waals surface area contributed by atoms with Gasteiger partial charge in [0.1, 0.15) is 0 Å². The predicted octanol–water partition coefficient (Wildman–Crippen LogP) is 4.41. The Morgan fingerprint density at radius 3 is 2.97 bits per heavy atom. The molecule has 0 atom stereocenters. The molecule has 0 amide bonds. The molecular weight excluding hydrogens is 444 g/mol. The number of H-pyrrole nitrogens is 1. The number of hydrogen-bond acceptors (Lipinski definition) is 5. The maximum atomic E-state index is 12.7. The van der Waals surface area contributed by atoms with Gasteiger partial charge in [-0.25, -0.2) is 4.98 Å². The largest absolute Gasteiger partial charge is 0.461 e. The molecule has 0 unspecified atom stereocenters. The molecule has 7 heteroatoms. The van der Waals surface area contributed by atoms with Gasteiger partial charge in [-0.3, -0.25) is 14.7 Å². The van der Waals surface area contributed by atoms with Gasteiger partial charge in [0.2, 0.25) is 0 Å². The molecule has 4 heterocycles. The summed E-state index contributed by atoms with van der Waals surface area (Å²) in [6, 6.07) is 13.9. The highest BCUT2D eigenvalue weighted by Gasteiger charge is 2.23. The highest BCUT2D eigenvalue weighted by atomic mass is 79.9. The minimum Gasteiger partial charge on any atom is -0.461 e. The lowest BCUT2D eigenvalue weighted by molar-refractivity contribution is 0.242. The molecule has 0 spiro atoms. The molecule has 1 aliphatic heterocycles. The van der Waals surface area contributed by atoms with Crippen molar-refractivity contribution in [2.45, 2.75) is 19.5 Å². The molecule has 150 valence electrons. The van der Waals surface area contributed by atoms with Crippen molar-refractivity contribution in [3.05, 3.63) is 92.8 Å². The first-order valence-electron chi connectivity index (χ1n) is 9.74. The Morgan fingerprint density at radius 2 is 2.13 bits per heavy atom. The predicted molar refractivity (Wildman–Crippen MR) is 118 cm³/mol. The van der Waals surface area contributed by atoms with Crippen molar-refractivity contribution < 1.29 is 4.42 Å². The first-order valence-corrected chi connectivity index (χ1v) is 10.5. The second-order valence-electron chi connectivity index (χ2n) is 7.32. The Bertz CT molecular complexity index is 1250. The molecule has 0 fully saturated rings. The fourth-order valence-corrected chi connectivity index (χ4v) is 4.28. The van der Waals surface area contributed by atoms with Crippen LogP contribution in [-0.4, -0.2) is 26.4 Å². The average molecular weight is 463 g/mol. The third-order valence-electron chi connectivity index (χ3n) is 5.34. The Morgan fingerprint density at radius 1 is 1.20 bits per heavy atom. The van der Waals surface area contributed by atoms with Crippen molar-refractivity contribution in [3.8, 4) is 22.7 Å². The van der Waals surface area contributed by atoms with E-state index >= 15 is 0 Å². The summed E-state index contributed by atoms with van der Waals surface area (Å²) < 4.78 is 6.42. The minimum atomic E-state index is -0.102. The topological polar surface area (TPSA) is 75.0 Å². The summed E-state index contributed by atoms with van der Waals surface area (Å²) in [5, 5.41) is 0. The molecule has 4 aromatic rings. The molecule has 30 heavy (non-hydrogen) atoms. The first kappa shape index (κ1) is 19.0. The zero-order valence-corrected chi connectivity index (χ0v) is 17.7. The second kappa shape index (κ2) is 8.01. The van der Waals surface area contributed by atoms with Crippen LogP contribution in [0.4, 0.5) is 0 Å². The van der Waals surface area contributed by atoms with Crippen LogP contribution in [0.2, 0.25) is 0 Å². The zero-order chi connectivity index (χ0) is 20.5. The van der Waals surface area contributed by atoms with Gasteiger partial charge >= 0.3 is 0 Å². The van der Waals surface area contributed by atoms with Gasteiger partial charge in [-0.1, -0.05) is 28.1 Å². The standard InChI is InChI=1S/C23H19BrN4O2/c24-17-4-1-3-15(11-17)18-6-8-25-12-16(18)13-28-9-7-20-19(14-28)23(29)27-22(26-20)21-5-2-10-30-21/h1-6,8,10-12H,7,9,13-14H2,(H,26,27,29). The van der Waals surface area contributed by atoms with E-state index in [2.05, 4.69) is 47.9 Å². The lowest BCUT2D eigenvalue weighted by Gasteiger charge is -2.28. The van der Waals surface area contributed by atoms with E-state index < -0.39 is 0 Å². The number of fused-ring (bicyclic) bond motifs is 1. The van der Waals surface area contributed by atoms with Gasteiger partial charge in [-0.2, -0.15) is 0 Å². The highest BCUT2D eigenvalue weighted by molar-refractivity contribution is 9.10. The van der Waals surface area contributed by atoms with E-state index in [1.165, 1.54) is 0 Å². The van der Waals surface area contributed by atoms with Gasteiger partial charge in [0, 0.05) is 42.9 Å². The van der Waals surface area contributed by atoms with Crippen LogP contribution < -0.4 is 5.56 Å². The monoisotopic (exact) mass is 462 g/mol. The van der Waals surface area contributed by atoms with Gasteiger partial charge in [-0.15, -0.1) is 0 Å². The number of nitrogens with one attached hydrogen (secondary N) is 1. The molecule has 0 bridgehead atoms. The van der Waals surface area contributed by atoms with Crippen LogP contribution in [0.5, 0.6) is 0 Å². The SMILES string of the molecule is O=c1[nH]c(-c2ccco2)nc2c1CN(Cc1cnccc1-c1cccc(Br)c1)CC2. The smallest absolute Gasteiger partial charge is 0.256 e. The number of pyridine rings is 1. The fourth-order valence-electron chi connectivity index (χ4n) is 3.88. The Kier molecular flexibility index (Phi) is 5.06. The molecule has 1 aromatic carbocycles. The molecular formula is C23H19BrN4O2. The molecule has 0 aliphatic carbocycles. The summed E-state index contributed by atoms with van der Waals surface area (Å²) in [6.07, 6.45) is 6.02. The summed E-state index contributed by atoms with van der Waals surface area (Å²) in [7, 11) is 0. The maximum Gasteiger partial charge on any atom is 0.256 e. The van der Waals surface area contributed by atoms with Gasteiger partial charge in [0.15, 0.2) is 11.6 Å². The van der Waals surface area contributed by atoms with Crippen LogP contribution >= 0.6 is 15.9 Å². The summed E-state index contributed by atoms with van der Waals surface area (Å²) in [5.41, 5.74) is 4.90. The highest BCUT2D eigenvalue weighted by Crippen LogP contribution is 2.28. The second-order valence-corrected chi connectivity index (χ2v) is 8.24. The Labute approximate surface area is 181 Å². The molecule has 1 N–H and O–H groups in total. The quantitative estimate of drug-likeness (QED) is 0.485. The number of halogens is 1. The average Bonchev–Trinajstić information content (AvgIpc) is 3.29. The van der Waals surface area contributed by atoms with Gasteiger partial charge in [-0.05, 0) is 47.0 Å². The molecule has 0 radical (unpaired) electrons. The third-order valence-corrected chi connectivity index (χ3v) is 5.83. The van der Waals surface area contributed by atoms with E-state index in [1.54, 1.807) is 18.4 Å². The zero-order valence-electron chi connectivity index (χ0n) is 16.1. The van der Waals surface area contributed by atoms with Crippen molar-refractivity contribution in [2.24, 2.45) is 0 Å². The number of hydrogen-bond donors (Lipinski definition) is 1. The number of rotatable bonds is 4. The number of nitrogens with zero attached hydrogens (tertiary/aromatic N) is 3. The maximum absolute atomic E-state index is 12.7. The van der Waals surface area contributed by atoms with E-state index in [0.29, 0.717) is 24.7 Å². The number of aromatic nitrogens is 3. The van der Waals surface area contributed by atoms with Crippen LogP contribution in [-0.2, 0) is 19.5 Å². The first-order chi connectivity index (χ1) is 14.7. The summed E-state index contributed by atoms with van der Waals surface area (Å²) in [5.74, 6) is 1.06. The van der Waals surface area contributed by atoms with Gasteiger partial charge < -0.3 is 9.40 Å². The van der Waals surface area contributed by atoms with E-state index in [-0.39, 0.29) is 5.56 Å². The Hall–Kier alpha value is -3.03. The molecule has 6 nitrogen and oxygen atoms in total. The van der Waals surface area contributed by atoms with E-state index in [0.717, 1.165) is 45.4 Å². The van der Waals surface area contributed by atoms with Crippen LogP contribution in [0.1, 0.15) is 16.8 Å². The van der Waals surface area contributed by atoms with E-state index in [4.69, 9.17) is 4.42 Å². The fraction of sp³-hybridized carbons (Fsp3) is 0.174. The lowest BCUT2D eigenvalue weighted by atomic mass is 10.00. The van der Waals surface area contributed by atoms with Crippen LogP contribution in [0.15, 0.2) is 74.8 Å². The number of aromatic amines is 1. The number of furan rings is 1. The number of benzene rings is 1. The normalized spacial score (nSPS) is 13.9. The molecule has 1 aliphatic rings. The van der Waals surface area contributed by atoms with Crippen molar-refractivity contribution >= 4 is 15.9 Å². The molecule has 3 aromatic heterocycles. The summed E-state index contributed by atoms with van der Waals surface area (Å²) in [4.78, 5) is 26.8. The summed E-state index contributed by atoms with van der Waals surface area (Å²) in [6.45, 7) is 2.10.